The third-order valence-corrected chi connectivity index (χ3v) is 5.43. The molecule has 0 unspecified atom stereocenters. The largest absolute Gasteiger partial charge is 0.490 e. The Labute approximate surface area is 184 Å². The molecule has 0 atom stereocenters. The third kappa shape index (κ3) is 5.88. The van der Waals surface area contributed by atoms with E-state index in [0.717, 1.165) is 0 Å². The maximum atomic E-state index is 12.6. The van der Waals surface area contributed by atoms with Crippen LogP contribution in [0.25, 0.3) is 0 Å². The SMILES string of the molecule is CCOc1cc(C(=O)NNS(=O)(=O)c2ccc(Cl)nc2Cl)cc(OCC)c1OCC. The van der Waals surface area contributed by atoms with Crippen molar-refractivity contribution in [1.82, 2.24) is 15.2 Å². The van der Waals surface area contributed by atoms with Gasteiger partial charge in [-0.2, -0.15) is 0 Å². The van der Waals surface area contributed by atoms with Crippen LogP contribution in [0, 0.1) is 0 Å². The van der Waals surface area contributed by atoms with E-state index in [2.05, 4.69) is 10.4 Å². The zero-order chi connectivity index (χ0) is 22.3. The number of nitrogens with one attached hydrogen (secondary N) is 2. The molecule has 30 heavy (non-hydrogen) atoms. The molecule has 12 heteroatoms. The molecule has 0 fully saturated rings. The first-order valence-corrected chi connectivity index (χ1v) is 11.2. The monoisotopic (exact) mass is 477 g/mol. The van der Waals surface area contributed by atoms with Crippen LogP contribution in [0.3, 0.4) is 0 Å². The minimum atomic E-state index is -4.19. The molecule has 0 aliphatic carbocycles. The second kappa shape index (κ2) is 10.7. The number of amides is 1. The van der Waals surface area contributed by atoms with Crippen molar-refractivity contribution in [2.75, 3.05) is 19.8 Å². The van der Waals surface area contributed by atoms with Crippen LogP contribution in [0.5, 0.6) is 17.2 Å². The molecule has 0 saturated heterocycles. The lowest BCUT2D eigenvalue weighted by molar-refractivity contribution is 0.0944. The first kappa shape index (κ1) is 24.0. The minimum absolute atomic E-state index is 0.0317. The summed E-state index contributed by atoms with van der Waals surface area (Å²) in [7, 11) is -4.19. The van der Waals surface area contributed by atoms with Crippen LogP contribution in [0.2, 0.25) is 10.3 Å². The fraction of sp³-hybridized carbons (Fsp3) is 0.333. The van der Waals surface area contributed by atoms with Crippen LogP contribution >= 0.6 is 23.2 Å². The Morgan fingerprint density at radius 3 is 2.07 bits per heavy atom. The van der Waals surface area contributed by atoms with Gasteiger partial charge in [0.15, 0.2) is 16.7 Å². The number of ether oxygens (including phenoxy) is 3. The summed E-state index contributed by atoms with van der Waals surface area (Å²) in [6.07, 6.45) is 0. The van der Waals surface area contributed by atoms with Crippen LogP contribution in [0.15, 0.2) is 29.2 Å². The van der Waals surface area contributed by atoms with Crippen LogP contribution in [-0.2, 0) is 10.0 Å². The number of sulfonamides is 1. The number of halogens is 2. The molecule has 2 N–H and O–H groups in total. The summed E-state index contributed by atoms with van der Waals surface area (Å²) in [6.45, 7) is 6.37. The Morgan fingerprint density at radius 1 is 1.00 bits per heavy atom. The van der Waals surface area contributed by atoms with Crippen molar-refractivity contribution in [2.45, 2.75) is 25.7 Å². The number of rotatable bonds is 10. The quantitative estimate of drug-likeness (QED) is 0.398. The fourth-order valence-electron chi connectivity index (χ4n) is 2.36. The molecule has 2 aromatic rings. The number of aromatic nitrogens is 1. The summed E-state index contributed by atoms with van der Waals surface area (Å²) in [5.74, 6) is 0.199. The molecule has 0 bridgehead atoms. The highest BCUT2D eigenvalue weighted by Crippen LogP contribution is 2.39. The van der Waals surface area contributed by atoms with E-state index in [9.17, 15) is 13.2 Å². The Morgan fingerprint density at radius 2 is 1.57 bits per heavy atom. The lowest BCUT2D eigenvalue weighted by Gasteiger charge is -2.17. The van der Waals surface area contributed by atoms with Crippen molar-refractivity contribution in [1.29, 1.82) is 0 Å². The van der Waals surface area contributed by atoms with Gasteiger partial charge >= 0.3 is 0 Å². The molecule has 1 aromatic carbocycles. The molecule has 0 radical (unpaired) electrons. The topological polar surface area (TPSA) is 116 Å². The van der Waals surface area contributed by atoms with Gasteiger partial charge < -0.3 is 14.2 Å². The number of nitrogens with zero attached hydrogens (tertiary/aromatic N) is 1. The van der Waals surface area contributed by atoms with Gasteiger partial charge in [0.1, 0.15) is 10.0 Å². The van der Waals surface area contributed by atoms with Crippen molar-refractivity contribution in [3.8, 4) is 17.2 Å². The second-order valence-corrected chi connectivity index (χ2v) is 7.98. The molecule has 0 saturated carbocycles. The standard InChI is InChI=1S/C18H21Cl2N3O6S/c1-4-27-12-9-11(10-13(28-5-2)16(12)29-6-3)18(24)22-23-30(25,26)14-7-8-15(19)21-17(14)20/h7-10,23H,4-6H2,1-3H3,(H,22,24). The zero-order valence-corrected chi connectivity index (χ0v) is 18.8. The second-order valence-electron chi connectivity index (χ2n) is 5.58. The fourth-order valence-corrected chi connectivity index (χ4v) is 3.86. The molecule has 1 aromatic heterocycles. The predicted molar refractivity (Wildman–Crippen MR) is 112 cm³/mol. The van der Waals surface area contributed by atoms with E-state index in [1.54, 1.807) is 20.8 Å². The number of benzene rings is 1. The van der Waals surface area contributed by atoms with Gasteiger partial charge in [-0.05, 0) is 45.0 Å². The van der Waals surface area contributed by atoms with E-state index < -0.39 is 15.9 Å². The number of carbonyl (C=O) groups is 1. The molecular weight excluding hydrogens is 457 g/mol. The molecule has 1 amide bonds. The molecule has 164 valence electrons. The number of hydrogen-bond acceptors (Lipinski definition) is 7. The number of hydrazine groups is 1. The lowest BCUT2D eigenvalue weighted by Crippen LogP contribution is -2.41. The molecular formula is C18H21Cl2N3O6S. The van der Waals surface area contributed by atoms with Crippen molar-refractivity contribution in [2.24, 2.45) is 0 Å². The third-order valence-electron chi connectivity index (χ3n) is 3.54. The summed E-state index contributed by atoms with van der Waals surface area (Å²) < 4.78 is 41.5. The zero-order valence-electron chi connectivity index (χ0n) is 16.5. The van der Waals surface area contributed by atoms with E-state index in [0.29, 0.717) is 37.1 Å². The van der Waals surface area contributed by atoms with E-state index >= 15 is 0 Å². The summed E-state index contributed by atoms with van der Waals surface area (Å²) in [4.78, 5) is 17.9. The van der Waals surface area contributed by atoms with Gasteiger partial charge in [-0.25, -0.2) is 13.4 Å². The van der Waals surface area contributed by atoms with Gasteiger partial charge in [-0.15, -0.1) is 4.83 Å². The van der Waals surface area contributed by atoms with Crippen molar-refractivity contribution in [3.05, 3.63) is 40.1 Å². The molecule has 2 rings (SSSR count). The highest BCUT2D eigenvalue weighted by Gasteiger charge is 2.22. The molecule has 9 nitrogen and oxygen atoms in total. The highest BCUT2D eigenvalue weighted by molar-refractivity contribution is 7.89. The number of pyridine rings is 1. The Hall–Kier alpha value is -2.27. The normalized spacial score (nSPS) is 11.1. The Kier molecular flexibility index (Phi) is 8.54. The average Bonchev–Trinajstić information content (AvgIpc) is 2.68. The van der Waals surface area contributed by atoms with Gasteiger partial charge in [-0.3, -0.25) is 10.2 Å². The van der Waals surface area contributed by atoms with Crippen molar-refractivity contribution >= 4 is 39.1 Å². The van der Waals surface area contributed by atoms with Crippen molar-refractivity contribution in [3.63, 3.8) is 0 Å². The maximum Gasteiger partial charge on any atom is 0.266 e. The maximum absolute atomic E-state index is 12.6. The predicted octanol–water partition coefficient (Wildman–Crippen LogP) is 3.21. The van der Waals surface area contributed by atoms with Crippen LogP contribution in [0.4, 0.5) is 0 Å². The Balaban J connectivity index is 2.29. The molecule has 0 aliphatic rings. The van der Waals surface area contributed by atoms with Crippen LogP contribution in [-0.4, -0.2) is 39.1 Å². The molecule has 0 aliphatic heterocycles. The van der Waals surface area contributed by atoms with Gasteiger partial charge in [0, 0.05) is 5.56 Å². The smallest absolute Gasteiger partial charge is 0.266 e. The number of hydrogen-bond donors (Lipinski definition) is 2. The lowest BCUT2D eigenvalue weighted by atomic mass is 10.1. The van der Waals surface area contributed by atoms with Crippen LogP contribution < -0.4 is 24.5 Å². The summed E-state index contributed by atoms with van der Waals surface area (Å²) in [5, 5.41) is -0.299. The average molecular weight is 478 g/mol. The van der Waals surface area contributed by atoms with Crippen LogP contribution in [0.1, 0.15) is 31.1 Å². The van der Waals surface area contributed by atoms with E-state index in [1.807, 2.05) is 4.83 Å². The van der Waals surface area contributed by atoms with Gasteiger partial charge in [0.2, 0.25) is 5.75 Å². The Bertz CT molecular complexity index is 990. The van der Waals surface area contributed by atoms with Crippen molar-refractivity contribution < 1.29 is 27.4 Å². The summed E-state index contributed by atoms with van der Waals surface area (Å²) in [6, 6.07) is 5.29. The molecule has 0 spiro atoms. The van der Waals surface area contributed by atoms with E-state index in [-0.39, 0.29) is 20.8 Å². The highest BCUT2D eigenvalue weighted by atomic mass is 35.5. The van der Waals surface area contributed by atoms with Gasteiger partial charge in [-0.1, -0.05) is 23.2 Å². The number of carbonyl (C=O) groups excluding carboxylic acids is 1. The van der Waals surface area contributed by atoms with E-state index in [1.165, 1.54) is 24.3 Å². The first-order chi connectivity index (χ1) is 14.2. The summed E-state index contributed by atoms with van der Waals surface area (Å²) in [5.41, 5.74) is 2.21. The minimum Gasteiger partial charge on any atom is -0.490 e. The summed E-state index contributed by atoms with van der Waals surface area (Å²) >= 11 is 11.5. The molecule has 1 heterocycles. The van der Waals surface area contributed by atoms with E-state index in [4.69, 9.17) is 37.4 Å². The van der Waals surface area contributed by atoms with Gasteiger partial charge in [0.25, 0.3) is 15.9 Å². The first-order valence-electron chi connectivity index (χ1n) is 8.94. The van der Waals surface area contributed by atoms with Gasteiger partial charge in [0.05, 0.1) is 19.8 Å².